The molecule has 1 aromatic carbocycles. The Morgan fingerprint density at radius 1 is 1.41 bits per heavy atom. The molecule has 0 aliphatic carbocycles. The lowest BCUT2D eigenvalue weighted by Crippen LogP contribution is -2.21. The summed E-state index contributed by atoms with van der Waals surface area (Å²) >= 11 is 0. The number of nitrogens with one attached hydrogen (secondary N) is 1. The maximum absolute atomic E-state index is 10.4. The molecule has 1 aliphatic heterocycles. The number of aliphatic carboxylic acids is 1. The molecule has 17 heavy (non-hydrogen) atoms. The van der Waals surface area contributed by atoms with Crippen LogP contribution in [0.4, 0.5) is 0 Å². The number of nitrogens with zero attached hydrogens (tertiary/aromatic N) is 1. The largest absolute Gasteiger partial charge is 0.478 e. The topological polar surface area (TPSA) is 52.6 Å². The van der Waals surface area contributed by atoms with Crippen LogP contribution in [-0.4, -0.2) is 35.7 Å². The quantitative estimate of drug-likeness (QED) is 0.765. The van der Waals surface area contributed by atoms with Crippen molar-refractivity contribution in [1.29, 1.82) is 0 Å². The molecule has 4 heteroatoms. The molecule has 90 valence electrons. The average molecular weight is 232 g/mol. The molecule has 0 atom stereocenters. The second kappa shape index (κ2) is 5.61. The number of benzene rings is 1. The van der Waals surface area contributed by atoms with Gasteiger partial charge in [-0.05, 0) is 17.2 Å². The van der Waals surface area contributed by atoms with Crippen LogP contribution in [0.3, 0.4) is 0 Å². The Hall–Kier alpha value is -1.65. The van der Waals surface area contributed by atoms with Gasteiger partial charge in [-0.1, -0.05) is 24.3 Å². The van der Waals surface area contributed by atoms with Crippen molar-refractivity contribution in [3.8, 4) is 0 Å². The number of carbonyl (C=O) groups is 1. The molecule has 0 spiro atoms. The van der Waals surface area contributed by atoms with Gasteiger partial charge in [0.2, 0.25) is 0 Å². The predicted molar refractivity (Wildman–Crippen MR) is 66.4 cm³/mol. The lowest BCUT2D eigenvalue weighted by molar-refractivity contribution is -0.131. The van der Waals surface area contributed by atoms with Crippen LogP contribution in [0.1, 0.15) is 11.1 Å². The summed E-state index contributed by atoms with van der Waals surface area (Å²) in [5.74, 6) is -0.919. The van der Waals surface area contributed by atoms with Crippen LogP contribution < -0.4 is 5.32 Å². The van der Waals surface area contributed by atoms with Crippen LogP contribution in [0.25, 0.3) is 6.08 Å². The lowest BCUT2D eigenvalue weighted by Gasteiger charge is -2.13. The van der Waals surface area contributed by atoms with Gasteiger partial charge in [0, 0.05) is 32.4 Å². The first-order valence-electron chi connectivity index (χ1n) is 5.67. The van der Waals surface area contributed by atoms with E-state index in [0.29, 0.717) is 0 Å². The summed E-state index contributed by atoms with van der Waals surface area (Å²) in [6, 6.07) is 7.97. The molecule has 0 aromatic heterocycles. The zero-order chi connectivity index (χ0) is 12.1. The molecular formula is C13H16N2O2. The molecule has 1 aliphatic rings. The van der Waals surface area contributed by atoms with Crippen molar-refractivity contribution in [2.75, 3.05) is 19.8 Å². The van der Waals surface area contributed by atoms with Crippen LogP contribution in [0, 0.1) is 0 Å². The molecule has 0 radical (unpaired) electrons. The van der Waals surface area contributed by atoms with E-state index in [4.69, 9.17) is 5.11 Å². The van der Waals surface area contributed by atoms with E-state index in [1.165, 1.54) is 5.56 Å². The van der Waals surface area contributed by atoms with Gasteiger partial charge in [-0.3, -0.25) is 4.90 Å². The van der Waals surface area contributed by atoms with Gasteiger partial charge in [-0.15, -0.1) is 0 Å². The molecule has 2 N–H and O–H groups in total. The monoisotopic (exact) mass is 232 g/mol. The number of hydrogen-bond donors (Lipinski definition) is 2. The van der Waals surface area contributed by atoms with Gasteiger partial charge in [-0.25, -0.2) is 4.79 Å². The van der Waals surface area contributed by atoms with Crippen molar-refractivity contribution >= 4 is 12.0 Å². The predicted octanol–water partition coefficient (Wildman–Crippen LogP) is 1.15. The molecule has 1 fully saturated rings. The summed E-state index contributed by atoms with van der Waals surface area (Å²) in [5, 5.41) is 11.8. The fourth-order valence-electron chi connectivity index (χ4n) is 1.85. The van der Waals surface area contributed by atoms with Crippen LogP contribution in [0.15, 0.2) is 30.3 Å². The fraction of sp³-hybridized carbons (Fsp3) is 0.308. The van der Waals surface area contributed by atoms with E-state index in [9.17, 15) is 4.79 Å². The molecular weight excluding hydrogens is 216 g/mol. The number of hydrogen-bond acceptors (Lipinski definition) is 3. The second-order valence-corrected chi connectivity index (χ2v) is 4.12. The van der Waals surface area contributed by atoms with E-state index in [1.807, 2.05) is 24.3 Å². The first kappa shape index (κ1) is 11.8. The summed E-state index contributed by atoms with van der Waals surface area (Å²) in [6.45, 7) is 4.02. The molecule has 1 aromatic rings. The maximum atomic E-state index is 10.4. The summed E-state index contributed by atoms with van der Waals surface area (Å²) in [4.78, 5) is 12.7. The standard InChI is InChI=1S/C13H16N2O2/c16-13(17)6-5-11-1-3-12(4-2-11)9-15-8-7-14-10-15/h1-6,14H,7-10H2,(H,16,17)/b6-5+. The Balaban J connectivity index is 1.95. The third kappa shape index (κ3) is 3.69. The van der Waals surface area contributed by atoms with E-state index in [-0.39, 0.29) is 0 Å². The SMILES string of the molecule is O=C(O)/C=C/c1ccc(CN2CCNC2)cc1. The minimum Gasteiger partial charge on any atom is -0.478 e. The first-order chi connectivity index (χ1) is 8.24. The molecule has 0 saturated carbocycles. The average Bonchev–Trinajstić information content (AvgIpc) is 2.81. The van der Waals surface area contributed by atoms with Crippen LogP contribution in [0.2, 0.25) is 0 Å². The zero-order valence-corrected chi connectivity index (χ0v) is 9.60. The van der Waals surface area contributed by atoms with Gasteiger partial charge in [0.05, 0.1) is 0 Å². The Morgan fingerprint density at radius 3 is 2.76 bits per heavy atom. The highest BCUT2D eigenvalue weighted by molar-refractivity contribution is 5.85. The molecule has 0 bridgehead atoms. The van der Waals surface area contributed by atoms with Gasteiger partial charge < -0.3 is 10.4 Å². The molecule has 4 nitrogen and oxygen atoms in total. The second-order valence-electron chi connectivity index (χ2n) is 4.12. The summed E-state index contributed by atoms with van der Waals surface area (Å²) in [6.07, 6.45) is 2.75. The smallest absolute Gasteiger partial charge is 0.328 e. The van der Waals surface area contributed by atoms with Crippen molar-refractivity contribution in [3.05, 3.63) is 41.5 Å². The highest BCUT2D eigenvalue weighted by atomic mass is 16.4. The van der Waals surface area contributed by atoms with Crippen molar-refractivity contribution in [2.24, 2.45) is 0 Å². The van der Waals surface area contributed by atoms with E-state index in [2.05, 4.69) is 10.2 Å². The Kier molecular flexibility index (Phi) is 3.90. The van der Waals surface area contributed by atoms with Gasteiger partial charge in [0.1, 0.15) is 0 Å². The Morgan fingerprint density at radius 2 is 2.18 bits per heavy atom. The fourth-order valence-corrected chi connectivity index (χ4v) is 1.85. The maximum Gasteiger partial charge on any atom is 0.328 e. The van der Waals surface area contributed by atoms with Gasteiger partial charge >= 0.3 is 5.97 Å². The lowest BCUT2D eigenvalue weighted by atomic mass is 10.1. The highest BCUT2D eigenvalue weighted by Crippen LogP contribution is 2.09. The van der Waals surface area contributed by atoms with Crippen LogP contribution in [-0.2, 0) is 11.3 Å². The number of carboxylic acids is 1. The zero-order valence-electron chi connectivity index (χ0n) is 9.60. The highest BCUT2D eigenvalue weighted by Gasteiger charge is 2.10. The minimum atomic E-state index is -0.919. The molecule has 1 saturated heterocycles. The van der Waals surface area contributed by atoms with E-state index in [1.54, 1.807) is 6.08 Å². The van der Waals surface area contributed by atoms with E-state index >= 15 is 0 Å². The summed E-state index contributed by atoms with van der Waals surface area (Å²) < 4.78 is 0. The third-order valence-electron chi connectivity index (χ3n) is 2.74. The van der Waals surface area contributed by atoms with Crippen molar-refractivity contribution in [1.82, 2.24) is 10.2 Å². The van der Waals surface area contributed by atoms with Gasteiger partial charge in [0.15, 0.2) is 0 Å². The van der Waals surface area contributed by atoms with Crippen LogP contribution in [0.5, 0.6) is 0 Å². The minimum absolute atomic E-state index is 0.913. The number of carboxylic acid groups (broad SMARTS) is 1. The Bertz CT molecular complexity index is 406. The number of rotatable bonds is 4. The molecule has 0 amide bonds. The first-order valence-corrected chi connectivity index (χ1v) is 5.67. The molecule has 2 rings (SSSR count). The normalized spacial score (nSPS) is 16.7. The van der Waals surface area contributed by atoms with Crippen molar-refractivity contribution in [3.63, 3.8) is 0 Å². The van der Waals surface area contributed by atoms with Crippen LogP contribution >= 0.6 is 0 Å². The summed E-state index contributed by atoms with van der Waals surface area (Å²) in [7, 11) is 0. The molecule has 1 heterocycles. The van der Waals surface area contributed by atoms with Gasteiger partial charge in [0.25, 0.3) is 0 Å². The molecule has 0 unspecified atom stereocenters. The third-order valence-corrected chi connectivity index (χ3v) is 2.74. The van der Waals surface area contributed by atoms with E-state index < -0.39 is 5.97 Å². The van der Waals surface area contributed by atoms with Crippen molar-refractivity contribution in [2.45, 2.75) is 6.54 Å². The van der Waals surface area contributed by atoms with Crippen molar-refractivity contribution < 1.29 is 9.90 Å². The van der Waals surface area contributed by atoms with E-state index in [0.717, 1.165) is 37.9 Å². The van der Waals surface area contributed by atoms with Gasteiger partial charge in [-0.2, -0.15) is 0 Å². The summed E-state index contributed by atoms with van der Waals surface area (Å²) in [5.41, 5.74) is 2.16. The Labute approximate surface area is 101 Å².